The summed E-state index contributed by atoms with van der Waals surface area (Å²) in [5, 5.41) is 14.2. The number of carbonyl (C=O) groups is 1. The zero-order valence-corrected chi connectivity index (χ0v) is 24.4. The van der Waals surface area contributed by atoms with Crippen molar-refractivity contribution in [1.29, 1.82) is 0 Å². The molecule has 5 heterocycles. The van der Waals surface area contributed by atoms with Crippen molar-refractivity contribution in [2.24, 2.45) is 0 Å². The Balaban J connectivity index is 1.28. The molecule has 7 rings (SSSR count). The maximum Gasteiger partial charge on any atom is 0.257 e. The second-order valence-corrected chi connectivity index (χ2v) is 12.3. The Bertz CT molecular complexity index is 1770. The molecule has 42 heavy (non-hydrogen) atoms. The van der Waals surface area contributed by atoms with E-state index in [9.17, 15) is 13.6 Å². The molecule has 4 atom stereocenters. The van der Waals surface area contributed by atoms with E-state index in [-0.39, 0.29) is 18.9 Å². The van der Waals surface area contributed by atoms with Gasteiger partial charge in [0.25, 0.3) is 5.91 Å². The number of piperidine rings is 1. The first-order valence-corrected chi connectivity index (χ1v) is 15.2. The van der Waals surface area contributed by atoms with E-state index in [2.05, 4.69) is 20.6 Å². The third kappa shape index (κ3) is 4.88. The fourth-order valence-electron chi connectivity index (χ4n) is 5.92. The minimum Gasteiger partial charge on any atom is -0.331 e. The lowest BCUT2D eigenvalue weighted by atomic mass is 9.88. The van der Waals surface area contributed by atoms with Crippen molar-refractivity contribution in [2.75, 3.05) is 18.4 Å². The fourth-order valence-corrected chi connectivity index (χ4v) is 7.00. The molecular weight excluding hydrogens is 603 g/mol. The van der Waals surface area contributed by atoms with E-state index in [1.807, 2.05) is 24.3 Å². The number of amides is 1. The topological polar surface area (TPSA) is 89.7 Å². The van der Waals surface area contributed by atoms with Gasteiger partial charge in [0, 0.05) is 53.3 Å². The van der Waals surface area contributed by atoms with Crippen molar-refractivity contribution < 1.29 is 13.6 Å². The second kappa shape index (κ2) is 11.0. The summed E-state index contributed by atoms with van der Waals surface area (Å²) in [5.74, 6) is -0.573. The van der Waals surface area contributed by atoms with Crippen molar-refractivity contribution in [3.05, 3.63) is 81.4 Å². The molecule has 1 unspecified atom stereocenters. The van der Waals surface area contributed by atoms with Gasteiger partial charge in [0.15, 0.2) is 11.2 Å². The summed E-state index contributed by atoms with van der Waals surface area (Å²) in [6, 6.07) is 8.44. The van der Waals surface area contributed by atoms with Gasteiger partial charge in [-0.15, -0.1) is 11.3 Å². The molecule has 8 nitrogen and oxygen atoms in total. The number of thiazole rings is 1. The van der Waals surface area contributed by atoms with Crippen LogP contribution in [0.2, 0.25) is 10.0 Å². The van der Waals surface area contributed by atoms with Crippen molar-refractivity contribution in [2.45, 2.75) is 43.7 Å². The third-order valence-corrected chi connectivity index (χ3v) is 9.37. The van der Waals surface area contributed by atoms with Crippen LogP contribution in [0.5, 0.6) is 0 Å². The molecule has 2 N–H and O–H groups in total. The van der Waals surface area contributed by atoms with Crippen molar-refractivity contribution in [3.8, 4) is 11.1 Å². The number of halogens is 4. The van der Waals surface area contributed by atoms with Crippen molar-refractivity contribution in [3.63, 3.8) is 0 Å². The minimum absolute atomic E-state index is 0.151. The van der Waals surface area contributed by atoms with E-state index in [1.54, 1.807) is 34.7 Å². The van der Waals surface area contributed by atoms with Crippen molar-refractivity contribution >= 4 is 56.5 Å². The highest BCUT2D eigenvalue weighted by Crippen LogP contribution is 2.40. The zero-order chi connectivity index (χ0) is 29.0. The van der Waals surface area contributed by atoms with Gasteiger partial charge in [-0.2, -0.15) is 5.10 Å². The number of benzene rings is 2. The largest absolute Gasteiger partial charge is 0.331 e. The Morgan fingerprint density at radius 3 is 2.79 bits per heavy atom. The molecule has 2 aliphatic heterocycles. The normalized spacial score (nSPS) is 21.0. The van der Waals surface area contributed by atoms with Crippen molar-refractivity contribution in [1.82, 2.24) is 29.6 Å². The Labute approximate surface area is 253 Å². The van der Waals surface area contributed by atoms with Gasteiger partial charge in [-0.3, -0.25) is 14.8 Å². The van der Waals surface area contributed by atoms with Gasteiger partial charge < -0.3 is 9.88 Å². The summed E-state index contributed by atoms with van der Waals surface area (Å²) in [6.07, 6.45) is 3.71. The van der Waals surface area contributed by atoms with Gasteiger partial charge in [0.05, 0.1) is 28.6 Å². The first kappa shape index (κ1) is 27.5. The average molecular weight is 629 g/mol. The molecule has 1 saturated heterocycles. The predicted octanol–water partition coefficient (Wildman–Crippen LogP) is 6.20. The number of hydrogen-bond donors (Lipinski definition) is 2. The molecule has 0 bridgehead atoms. The highest BCUT2D eigenvalue weighted by molar-refractivity contribution is 7.13. The number of nitrogens with zero attached hydrogens (tertiary/aromatic N) is 5. The average Bonchev–Trinajstić information content (AvgIpc) is 3.78. The maximum atomic E-state index is 14.5. The van der Waals surface area contributed by atoms with Crippen LogP contribution < -0.4 is 10.6 Å². The molecule has 2 aliphatic rings. The van der Waals surface area contributed by atoms with Gasteiger partial charge in [0.1, 0.15) is 17.9 Å². The summed E-state index contributed by atoms with van der Waals surface area (Å²) < 4.78 is 32.0. The van der Waals surface area contributed by atoms with Crippen LogP contribution in [0.25, 0.3) is 22.0 Å². The number of rotatable bonds is 6. The van der Waals surface area contributed by atoms with E-state index < -0.39 is 24.3 Å². The number of imidazole rings is 1. The van der Waals surface area contributed by atoms with E-state index in [0.29, 0.717) is 49.6 Å². The summed E-state index contributed by atoms with van der Waals surface area (Å²) in [7, 11) is 0. The van der Waals surface area contributed by atoms with Crippen LogP contribution in [0.3, 0.4) is 0 Å². The van der Waals surface area contributed by atoms with Gasteiger partial charge in [0.2, 0.25) is 0 Å². The van der Waals surface area contributed by atoms with Crippen LogP contribution in [0.4, 0.5) is 13.9 Å². The van der Waals surface area contributed by atoms with Gasteiger partial charge in [-0.25, -0.2) is 18.7 Å². The first-order chi connectivity index (χ1) is 20.4. The Hall–Kier alpha value is -3.38. The number of anilines is 1. The molecule has 1 amide bonds. The molecule has 216 valence electrons. The third-order valence-electron chi connectivity index (χ3n) is 7.99. The number of hydrogen-bond acceptors (Lipinski definition) is 6. The molecular formula is C29H25Cl2F2N7OS. The predicted molar refractivity (Wildman–Crippen MR) is 160 cm³/mol. The Kier molecular flexibility index (Phi) is 7.21. The summed E-state index contributed by atoms with van der Waals surface area (Å²) in [4.78, 5) is 22.3. The highest BCUT2D eigenvalue weighted by atomic mass is 35.5. The quantitative estimate of drug-likeness (QED) is 0.234. The summed E-state index contributed by atoms with van der Waals surface area (Å²) >= 11 is 15.0. The molecule has 0 radical (unpaired) electrons. The SMILES string of the molecule is O=C(Nc1nccs1)C(c1ncn2c1C[C@@H](F)C2)n1cc2c(Cl)cc(-c3ccc([C@@H]4CCNC[C@H]4F)cc3)c(Cl)c2n1. The first-order valence-electron chi connectivity index (χ1n) is 13.6. The van der Waals surface area contributed by atoms with Gasteiger partial charge >= 0.3 is 0 Å². The molecule has 13 heteroatoms. The summed E-state index contributed by atoms with van der Waals surface area (Å²) in [6.45, 7) is 1.33. The number of alkyl halides is 2. The molecule has 5 aromatic rings. The van der Waals surface area contributed by atoms with E-state index >= 15 is 0 Å². The lowest BCUT2D eigenvalue weighted by Crippen LogP contribution is -2.36. The van der Waals surface area contributed by atoms with E-state index in [4.69, 9.17) is 28.3 Å². The van der Waals surface area contributed by atoms with Crippen LogP contribution in [0.1, 0.15) is 35.3 Å². The number of carbonyl (C=O) groups excluding carboxylic acids is 1. The molecule has 0 saturated carbocycles. The standard InChI is InChI=1S/C29H25Cl2F2N7OS/c30-21-10-19(16-3-1-15(2-4-16)18-5-6-34-11-22(18)33)24(31)25-20(21)13-40(38-25)27(28(41)37-29-35-7-8-42-29)26-23-9-17(32)12-39(23)14-36-26/h1-4,7-8,10,13-14,17-18,22,27,34H,5-6,9,11-12H2,(H,35,37,41)/t17-,18+,22-,27?/m1/s1. The Morgan fingerprint density at radius 2 is 2.02 bits per heavy atom. The number of aromatic nitrogens is 5. The smallest absolute Gasteiger partial charge is 0.257 e. The lowest BCUT2D eigenvalue weighted by molar-refractivity contribution is -0.118. The number of nitrogens with one attached hydrogen (secondary N) is 2. The molecule has 3 aromatic heterocycles. The fraction of sp³-hybridized carbons (Fsp3) is 0.310. The second-order valence-electron chi connectivity index (χ2n) is 10.6. The zero-order valence-electron chi connectivity index (χ0n) is 22.1. The monoisotopic (exact) mass is 627 g/mol. The van der Waals surface area contributed by atoms with Gasteiger partial charge in [-0.05, 0) is 30.2 Å². The van der Waals surface area contributed by atoms with Crippen LogP contribution >= 0.6 is 34.5 Å². The van der Waals surface area contributed by atoms with Crippen LogP contribution in [-0.4, -0.2) is 55.7 Å². The molecule has 2 aromatic carbocycles. The highest BCUT2D eigenvalue weighted by Gasteiger charge is 2.35. The molecule has 1 fully saturated rings. The van der Waals surface area contributed by atoms with E-state index in [0.717, 1.165) is 24.1 Å². The van der Waals surface area contributed by atoms with Crippen LogP contribution in [-0.2, 0) is 17.8 Å². The minimum atomic E-state index is -1.05. The Morgan fingerprint density at radius 1 is 1.19 bits per heavy atom. The van der Waals surface area contributed by atoms with Crippen LogP contribution in [0, 0.1) is 0 Å². The van der Waals surface area contributed by atoms with E-state index in [1.165, 1.54) is 16.0 Å². The maximum absolute atomic E-state index is 14.5. The summed E-state index contributed by atoms with van der Waals surface area (Å²) in [5.41, 5.74) is 3.88. The van der Waals surface area contributed by atoms with Crippen LogP contribution in [0.15, 0.2) is 54.4 Å². The van der Waals surface area contributed by atoms with Gasteiger partial charge in [-0.1, -0.05) is 47.5 Å². The number of fused-ring (bicyclic) bond motifs is 2. The molecule has 0 spiro atoms. The molecule has 0 aliphatic carbocycles. The lowest BCUT2D eigenvalue weighted by Gasteiger charge is -2.27.